The van der Waals surface area contributed by atoms with E-state index in [-0.39, 0.29) is 11.3 Å². The second-order valence-electron chi connectivity index (χ2n) is 4.89. The number of fused-ring (bicyclic) bond motifs is 1. The molecule has 0 aliphatic heterocycles. The van der Waals surface area contributed by atoms with Gasteiger partial charge in [0.25, 0.3) is 5.56 Å². The second-order valence-corrected chi connectivity index (χ2v) is 5.29. The van der Waals surface area contributed by atoms with Gasteiger partial charge in [0, 0.05) is 12.3 Å². The van der Waals surface area contributed by atoms with Gasteiger partial charge in [0.2, 0.25) is 0 Å². The summed E-state index contributed by atoms with van der Waals surface area (Å²) in [4.78, 5) is 17.2. The molecule has 0 aromatic carbocycles. The summed E-state index contributed by atoms with van der Waals surface area (Å²) in [6.07, 6.45) is -8.15. The number of alkyl halides is 6. The molecule has 3 rings (SSSR count). The van der Waals surface area contributed by atoms with Crippen LogP contribution in [0, 0.1) is 0 Å². The summed E-state index contributed by atoms with van der Waals surface area (Å²) in [5, 5.41) is 3.06. The number of nitrogens with zero attached hydrogens (tertiary/aromatic N) is 3. The van der Waals surface area contributed by atoms with Crippen molar-refractivity contribution in [3.05, 3.63) is 51.2 Å². The van der Waals surface area contributed by atoms with Crippen molar-refractivity contribution >= 4 is 17.2 Å². The highest BCUT2D eigenvalue weighted by molar-refractivity contribution is 6.33. The molecule has 0 spiro atoms. The fraction of sp³-hybridized carbons (Fsp3) is 0.154. The first-order valence-electron chi connectivity index (χ1n) is 6.40. The minimum Gasteiger partial charge on any atom is -0.306 e. The summed E-state index contributed by atoms with van der Waals surface area (Å²) in [6.45, 7) is 0. The van der Waals surface area contributed by atoms with Crippen LogP contribution in [0.1, 0.15) is 11.3 Å². The van der Waals surface area contributed by atoms with Gasteiger partial charge in [0.15, 0.2) is 5.69 Å². The van der Waals surface area contributed by atoms with Crippen LogP contribution in [0.4, 0.5) is 26.3 Å². The predicted molar refractivity (Wildman–Crippen MR) is 74.1 cm³/mol. The molecule has 0 saturated carbocycles. The van der Waals surface area contributed by atoms with Gasteiger partial charge in [0.1, 0.15) is 5.65 Å². The number of nitrogens with one attached hydrogen (secondary N) is 1. The molecule has 1 N–H and O–H groups in total. The van der Waals surface area contributed by atoms with Gasteiger partial charge in [-0.15, -0.1) is 0 Å². The summed E-state index contributed by atoms with van der Waals surface area (Å²) in [7, 11) is 0. The van der Waals surface area contributed by atoms with Crippen molar-refractivity contribution in [2.24, 2.45) is 0 Å². The molecule has 0 aliphatic rings. The maximum atomic E-state index is 13.0. The monoisotopic (exact) mass is 382 g/mol. The lowest BCUT2D eigenvalue weighted by molar-refractivity contribution is -0.142. The number of pyridine rings is 1. The molecule has 25 heavy (non-hydrogen) atoms. The molecule has 12 heteroatoms. The number of aromatic nitrogens is 4. The third kappa shape index (κ3) is 3.06. The molecule has 0 amide bonds. The van der Waals surface area contributed by atoms with Crippen LogP contribution in [0.2, 0.25) is 5.02 Å². The molecule has 0 unspecified atom stereocenters. The normalized spacial score (nSPS) is 12.8. The third-order valence-electron chi connectivity index (χ3n) is 3.22. The summed E-state index contributed by atoms with van der Waals surface area (Å²) < 4.78 is 77.3. The molecule has 3 aromatic rings. The van der Waals surface area contributed by atoms with Gasteiger partial charge in [-0.2, -0.15) is 31.4 Å². The average Bonchev–Trinajstić information content (AvgIpc) is 2.87. The number of hydrogen-bond acceptors (Lipinski definition) is 3. The Hall–Kier alpha value is -2.56. The van der Waals surface area contributed by atoms with Gasteiger partial charge in [-0.25, -0.2) is 4.52 Å². The van der Waals surface area contributed by atoms with E-state index < -0.39 is 39.8 Å². The molecule has 0 radical (unpaired) electrons. The van der Waals surface area contributed by atoms with E-state index in [0.29, 0.717) is 22.8 Å². The van der Waals surface area contributed by atoms with Crippen LogP contribution in [0.5, 0.6) is 0 Å². The van der Waals surface area contributed by atoms with Gasteiger partial charge < -0.3 is 4.98 Å². The molecule has 3 heterocycles. The van der Waals surface area contributed by atoms with Crippen LogP contribution in [0.25, 0.3) is 16.9 Å². The Morgan fingerprint density at radius 3 is 2.28 bits per heavy atom. The minimum absolute atomic E-state index is 0.151. The number of hydrogen-bond donors (Lipinski definition) is 1. The maximum absolute atomic E-state index is 13.0. The zero-order chi connectivity index (χ0) is 18.6. The van der Waals surface area contributed by atoms with Gasteiger partial charge >= 0.3 is 12.4 Å². The van der Waals surface area contributed by atoms with Crippen molar-refractivity contribution in [3.63, 3.8) is 0 Å². The number of rotatable bonds is 1. The first kappa shape index (κ1) is 17.3. The lowest BCUT2D eigenvalue weighted by Gasteiger charge is -2.10. The van der Waals surface area contributed by atoms with E-state index in [2.05, 4.69) is 15.1 Å². The first-order chi connectivity index (χ1) is 11.5. The summed E-state index contributed by atoms with van der Waals surface area (Å²) in [6, 6.07) is 0.894. The summed E-state index contributed by atoms with van der Waals surface area (Å²) in [5.74, 6) is 0. The third-order valence-corrected chi connectivity index (χ3v) is 3.51. The predicted octanol–water partition coefficient (Wildman–Crippen LogP) is 3.78. The zero-order valence-corrected chi connectivity index (χ0v) is 12.5. The molecule has 0 bridgehead atoms. The van der Waals surface area contributed by atoms with E-state index >= 15 is 0 Å². The smallest absolute Gasteiger partial charge is 0.306 e. The Balaban J connectivity index is 2.25. The molecular formula is C13H5ClF6N4O. The van der Waals surface area contributed by atoms with Crippen LogP contribution in [0.15, 0.2) is 29.3 Å². The Kier molecular flexibility index (Phi) is 3.78. The molecule has 0 fully saturated rings. The fourth-order valence-corrected chi connectivity index (χ4v) is 2.42. The van der Waals surface area contributed by atoms with Crippen LogP contribution in [0.3, 0.4) is 0 Å². The van der Waals surface area contributed by atoms with Crippen LogP contribution >= 0.6 is 11.6 Å². The summed E-state index contributed by atoms with van der Waals surface area (Å²) >= 11 is 5.78. The van der Waals surface area contributed by atoms with Crippen molar-refractivity contribution in [2.75, 3.05) is 0 Å². The first-order valence-corrected chi connectivity index (χ1v) is 6.77. The zero-order valence-electron chi connectivity index (χ0n) is 11.7. The van der Waals surface area contributed by atoms with Gasteiger partial charge in [-0.05, 0) is 6.07 Å². The summed E-state index contributed by atoms with van der Waals surface area (Å²) in [5.41, 5.74) is -4.33. The highest BCUT2D eigenvalue weighted by atomic mass is 35.5. The molecule has 0 aliphatic carbocycles. The Morgan fingerprint density at radius 1 is 1.04 bits per heavy atom. The molecule has 3 aromatic heterocycles. The maximum Gasteiger partial charge on any atom is 0.433 e. The Bertz CT molecular complexity index is 1020. The van der Waals surface area contributed by atoms with Crippen molar-refractivity contribution in [1.82, 2.24) is 19.6 Å². The molecule has 5 nitrogen and oxygen atoms in total. The SMILES string of the molecule is O=c1cc(C(F)(F)F)n2ncc(-c3ncc(C(F)(F)F)cc3Cl)c2[nH]1. The van der Waals surface area contributed by atoms with E-state index in [1.165, 1.54) is 0 Å². The lowest BCUT2D eigenvalue weighted by Crippen LogP contribution is -2.19. The molecule has 0 saturated heterocycles. The van der Waals surface area contributed by atoms with E-state index in [9.17, 15) is 31.1 Å². The Morgan fingerprint density at radius 2 is 1.72 bits per heavy atom. The standard InChI is InChI=1S/C13H5ClF6N4O/c14-7-1-5(12(15,16)17)3-21-10(7)6-4-22-24-8(13(18,19)20)2-9(25)23-11(6)24/h1-4H,(H,23,25). The Labute approximate surface area is 138 Å². The lowest BCUT2D eigenvalue weighted by atomic mass is 10.2. The topological polar surface area (TPSA) is 63.1 Å². The molecule has 132 valence electrons. The highest BCUT2D eigenvalue weighted by Crippen LogP contribution is 2.36. The molecular weight excluding hydrogens is 378 g/mol. The van der Waals surface area contributed by atoms with Crippen molar-refractivity contribution < 1.29 is 26.3 Å². The largest absolute Gasteiger partial charge is 0.433 e. The number of aromatic amines is 1. The quantitative estimate of drug-likeness (QED) is 0.652. The van der Waals surface area contributed by atoms with E-state index in [4.69, 9.17) is 11.6 Å². The van der Waals surface area contributed by atoms with Gasteiger partial charge in [-0.3, -0.25) is 9.78 Å². The second kappa shape index (κ2) is 5.48. The highest BCUT2D eigenvalue weighted by Gasteiger charge is 2.36. The van der Waals surface area contributed by atoms with E-state index in [1.807, 2.05) is 0 Å². The van der Waals surface area contributed by atoms with Crippen molar-refractivity contribution in [1.29, 1.82) is 0 Å². The number of H-pyrrole nitrogens is 1. The van der Waals surface area contributed by atoms with Crippen molar-refractivity contribution in [2.45, 2.75) is 12.4 Å². The van der Waals surface area contributed by atoms with Crippen molar-refractivity contribution in [3.8, 4) is 11.3 Å². The average molecular weight is 383 g/mol. The van der Waals surface area contributed by atoms with E-state index in [0.717, 1.165) is 6.20 Å². The minimum atomic E-state index is -4.87. The fourth-order valence-electron chi connectivity index (χ4n) is 2.16. The van der Waals surface area contributed by atoms with Crippen LogP contribution in [-0.4, -0.2) is 19.6 Å². The van der Waals surface area contributed by atoms with E-state index in [1.54, 1.807) is 0 Å². The van der Waals surface area contributed by atoms with Gasteiger partial charge in [-0.1, -0.05) is 11.6 Å². The van der Waals surface area contributed by atoms with Crippen LogP contribution < -0.4 is 5.56 Å². The van der Waals surface area contributed by atoms with Crippen LogP contribution in [-0.2, 0) is 12.4 Å². The number of halogens is 7. The van der Waals surface area contributed by atoms with Gasteiger partial charge in [0.05, 0.1) is 28.0 Å². The molecule has 0 atom stereocenters.